The van der Waals surface area contributed by atoms with E-state index < -0.39 is 10.0 Å². The smallest absolute Gasteiger partial charge is 0.245 e. The fourth-order valence-electron chi connectivity index (χ4n) is 2.05. The highest BCUT2D eigenvalue weighted by Gasteiger charge is 2.32. The molecule has 0 bridgehead atoms. The van der Waals surface area contributed by atoms with Crippen molar-refractivity contribution in [1.82, 2.24) is 4.31 Å². The van der Waals surface area contributed by atoms with Gasteiger partial charge in [0.15, 0.2) is 0 Å². The summed E-state index contributed by atoms with van der Waals surface area (Å²) in [6.07, 6.45) is 0. The zero-order valence-electron chi connectivity index (χ0n) is 10.5. The Kier molecular flexibility index (Phi) is 3.75. The highest BCUT2D eigenvalue weighted by molar-refractivity contribution is 7.89. The van der Waals surface area contributed by atoms with E-state index in [0.29, 0.717) is 25.3 Å². The molecule has 19 heavy (non-hydrogen) atoms. The lowest BCUT2D eigenvalue weighted by atomic mass is 10.2. The maximum atomic E-state index is 12.5. The van der Waals surface area contributed by atoms with E-state index >= 15 is 0 Å². The van der Waals surface area contributed by atoms with Crippen LogP contribution in [0.15, 0.2) is 23.1 Å². The van der Waals surface area contributed by atoms with Crippen molar-refractivity contribution in [2.24, 2.45) is 0 Å². The summed E-state index contributed by atoms with van der Waals surface area (Å²) in [6.45, 7) is 2.84. The summed E-state index contributed by atoms with van der Waals surface area (Å²) in [4.78, 5) is 0.0419. The van der Waals surface area contributed by atoms with Crippen molar-refractivity contribution in [3.63, 3.8) is 0 Å². The molecule has 0 spiro atoms. The predicted molar refractivity (Wildman–Crippen MR) is 69.7 cm³/mol. The van der Waals surface area contributed by atoms with Crippen molar-refractivity contribution in [3.05, 3.63) is 23.8 Å². The van der Waals surface area contributed by atoms with Crippen LogP contribution in [-0.4, -0.2) is 38.5 Å². The largest absolute Gasteiger partial charge is 0.398 e. The molecule has 0 amide bonds. The Hall–Kier alpha value is -1.62. The Morgan fingerprint density at radius 1 is 1.53 bits per heavy atom. The van der Waals surface area contributed by atoms with Crippen LogP contribution < -0.4 is 5.73 Å². The molecule has 6 nitrogen and oxygen atoms in total. The molecule has 102 valence electrons. The number of hydrogen-bond acceptors (Lipinski definition) is 5. The van der Waals surface area contributed by atoms with Crippen molar-refractivity contribution in [1.29, 1.82) is 5.26 Å². The zero-order valence-corrected chi connectivity index (χ0v) is 11.4. The zero-order chi connectivity index (χ0) is 14.0. The van der Waals surface area contributed by atoms with Gasteiger partial charge >= 0.3 is 0 Å². The van der Waals surface area contributed by atoms with Crippen LogP contribution in [0.4, 0.5) is 5.69 Å². The Morgan fingerprint density at radius 3 is 2.84 bits per heavy atom. The van der Waals surface area contributed by atoms with Crippen LogP contribution in [0.5, 0.6) is 0 Å². The molecule has 0 unspecified atom stereocenters. The molecule has 2 N–H and O–H groups in total. The third-order valence-corrected chi connectivity index (χ3v) is 5.12. The molecule has 1 aliphatic heterocycles. The third kappa shape index (κ3) is 2.56. The molecule has 0 aliphatic carbocycles. The third-order valence-electron chi connectivity index (χ3n) is 3.03. The first-order valence-electron chi connectivity index (χ1n) is 5.86. The van der Waals surface area contributed by atoms with Crippen LogP contribution in [0.3, 0.4) is 0 Å². The van der Waals surface area contributed by atoms with E-state index in [0.717, 1.165) is 0 Å². The van der Waals surface area contributed by atoms with E-state index in [-0.39, 0.29) is 16.6 Å². The number of hydrogen-bond donors (Lipinski definition) is 1. The summed E-state index contributed by atoms with van der Waals surface area (Å²) in [5.74, 6) is 0. The first kappa shape index (κ1) is 13.8. The van der Waals surface area contributed by atoms with Crippen molar-refractivity contribution in [2.75, 3.05) is 25.5 Å². The fraction of sp³-hybridized carbons (Fsp3) is 0.417. The molecule has 1 aromatic carbocycles. The van der Waals surface area contributed by atoms with Crippen LogP contribution >= 0.6 is 0 Å². The maximum absolute atomic E-state index is 12.5. The fourth-order valence-corrected chi connectivity index (χ4v) is 3.75. The Bertz CT molecular complexity index is 622. The number of nitrogen functional groups attached to an aromatic ring is 1. The van der Waals surface area contributed by atoms with E-state index in [2.05, 4.69) is 0 Å². The van der Waals surface area contributed by atoms with E-state index in [9.17, 15) is 8.42 Å². The monoisotopic (exact) mass is 281 g/mol. The van der Waals surface area contributed by atoms with Gasteiger partial charge in [-0.25, -0.2) is 8.42 Å². The van der Waals surface area contributed by atoms with Gasteiger partial charge in [0.1, 0.15) is 4.90 Å². The number of ether oxygens (including phenoxy) is 1. The summed E-state index contributed by atoms with van der Waals surface area (Å²) in [5, 5.41) is 8.76. The van der Waals surface area contributed by atoms with Gasteiger partial charge in [0.2, 0.25) is 10.0 Å². The van der Waals surface area contributed by atoms with Crippen LogP contribution in [-0.2, 0) is 14.8 Å². The summed E-state index contributed by atoms with van der Waals surface area (Å²) < 4.78 is 31.7. The average molecular weight is 281 g/mol. The minimum Gasteiger partial charge on any atom is -0.398 e. The number of rotatable bonds is 2. The summed E-state index contributed by atoms with van der Waals surface area (Å²) >= 11 is 0. The van der Waals surface area contributed by atoms with E-state index in [1.54, 1.807) is 6.92 Å². The van der Waals surface area contributed by atoms with Crippen molar-refractivity contribution in [3.8, 4) is 6.07 Å². The minimum atomic E-state index is -3.65. The molecule has 2 rings (SSSR count). The van der Waals surface area contributed by atoms with Gasteiger partial charge in [-0.05, 0) is 25.1 Å². The van der Waals surface area contributed by atoms with Crippen LogP contribution in [0.25, 0.3) is 0 Å². The molecule has 1 aromatic rings. The van der Waals surface area contributed by atoms with E-state index in [4.69, 9.17) is 15.7 Å². The van der Waals surface area contributed by atoms with E-state index in [1.165, 1.54) is 22.5 Å². The molecular weight excluding hydrogens is 266 g/mol. The average Bonchev–Trinajstić information content (AvgIpc) is 2.38. The second-order valence-corrected chi connectivity index (χ2v) is 6.26. The Labute approximate surface area is 112 Å². The number of morpholine rings is 1. The second kappa shape index (κ2) is 5.17. The van der Waals surface area contributed by atoms with Crippen LogP contribution in [0, 0.1) is 11.3 Å². The first-order chi connectivity index (χ1) is 8.96. The van der Waals surface area contributed by atoms with Gasteiger partial charge < -0.3 is 10.5 Å². The molecule has 1 aliphatic rings. The second-order valence-electron chi connectivity index (χ2n) is 4.40. The van der Waals surface area contributed by atoms with Gasteiger partial charge in [-0.3, -0.25) is 0 Å². The van der Waals surface area contributed by atoms with Gasteiger partial charge in [0.05, 0.1) is 30.5 Å². The number of anilines is 1. The Morgan fingerprint density at radius 2 is 2.26 bits per heavy atom. The summed E-state index contributed by atoms with van der Waals surface area (Å²) in [6, 6.07) is 5.90. The number of nitrogens with two attached hydrogens (primary N) is 1. The molecular formula is C12H15N3O3S. The minimum absolute atomic E-state index is 0.0419. The molecule has 1 saturated heterocycles. The standard InChI is InChI=1S/C12H15N3O3S/c1-9-8-18-5-4-15(9)19(16,17)12-3-2-10(7-13)6-11(12)14/h2-3,6,9H,4-5,8,14H2,1H3/t9-/m1/s1. The Balaban J connectivity index is 2.42. The van der Waals surface area contributed by atoms with Gasteiger partial charge in [-0.1, -0.05) is 0 Å². The number of nitriles is 1. The predicted octanol–water partition coefficient (Wildman–Crippen LogP) is 0.550. The molecule has 0 radical (unpaired) electrons. The van der Waals surface area contributed by atoms with Crippen molar-refractivity contribution >= 4 is 15.7 Å². The summed E-state index contributed by atoms with van der Waals surface area (Å²) in [5.41, 5.74) is 6.18. The molecule has 1 atom stereocenters. The normalized spacial score (nSPS) is 20.9. The lowest BCUT2D eigenvalue weighted by molar-refractivity contribution is 0.0393. The van der Waals surface area contributed by atoms with Gasteiger partial charge in [-0.2, -0.15) is 9.57 Å². The van der Waals surface area contributed by atoms with Gasteiger partial charge in [-0.15, -0.1) is 0 Å². The quantitative estimate of drug-likeness (QED) is 0.798. The molecule has 0 aromatic heterocycles. The number of benzene rings is 1. The van der Waals surface area contributed by atoms with Gasteiger partial charge in [0.25, 0.3) is 0 Å². The lowest BCUT2D eigenvalue weighted by Crippen LogP contribution is -2.47. The van der Waals surface area contributed by atoms with Gasteiger partial charge in [0, 0.05) is 12.6 Å². The van der Waals surface area contributed by atoms with Crippen LogP contribution in [0.1, 0.15) is 12.5 Å². The first-order valence-corrected chi connectivity index (χ1v) is 7.30. The lowest BCUT2D eigenvalue weighted by Gasteiger charge is -2.32. The molecule has 1 heterocycles. The SMILES string of the molecule is C[C@@H]1COCCN1S(=O)(=O)c1ccc(C#N)cc1N. The van der Waals surface area contributed by atoms with Crippen LogP contribution in [0.2, 0.25) is 0 Å². The van der Waals surface area contributed by atoms with Crippen molar-refractivity contribution < 1.29 is 13.2 Å². The molecule has 0 saturated carbocycles. The number of sulfonamides is 1. The molecule has 1 fully saturated rings. The highest BCUT2D eigenvalue weighted by Crippen LogP contribution is 2.25. The summed E-state index contributed by atoms with van der Waals surface area (Å²) in [7, 11) is -3.65. The molecule has 7 heteroatoms. The van der Waals surface area contributed by atoms with Crippen molar-refractivity contribution in [2.45, 2.75) is 17.9 Å². The maximum Gasteiger partial charge on any atom is 0.245 e. The number of nitrogens with zero attached hydrogens (tertiary/aromatic N) is 2. The highest BCUT2D eigenvalue weighted by atomic mass is 32.2. The topological polar surface area (TPSA) is 96.4 Å². The van der Waals surface area contributed by atoms with E-state index in [1.807, 2.05) is 6.07 Å².